The van der Waals surface area contributed by atoms with E-state index < -0.39 is 0 Å². The Bertz CT molecular complexity index is 133. The molecule has 0 aromatic rings. The predicted molar refractivity (Wildman–Crippen MR) is 48.0 cm³/mol. The highest BCUT2D eigenvalue weighted by atomic mass is 32.1. The van der Waals surface area contributed by atoms with Gasteiger partial charge in [0.15, 0.2) is 0 Å². The number of carbonyl (C=O) groups is 1. The average molecular weight is 178 g/mol. The van der Waals surface area contributed by atoms with Gasteiger partial charge in [0.25, 0.3) is 0 Å². The van der Waals surface area contributed by atoms with Crippen LogP contribution in [0.15, 0.2) is 0 Å². The molecule has 0 aliphatic heterocycles. The van der Waals surface area contributed by atoms with Crippen molar-refractivity contribution >= 4 is 35.1 Å². The van der Waals surface area contributed by atoms with E-state index in [1.807, 2.05) is 0 Å². The second-order valence-corrected chi connectivity index (χ2v) is 3.03. The van der Waals surface area contributed by atoms with E-state index in [9.17, 15) is 4.79 Å². The predicted octanol–water partition coefficient (Wildman–Crippen LogP) is 0.273. The Labute approximate surface area is 71.0 Å². The summed E-state index contributed by atoms with van der Waals surface area (Å²) >= 11 is 8.46. The van der Waals surface area contributed by atoms with Crippen molar-refractivity contribution in [2.75, 3.05) is 0 Å². The topological polar surface area (TPSA) is 41.1 Å². The summed E-state index contributed by atoms with van der Waals surface area (Å²) < 4.78 is 0.376. The summed E-state index contributed by atoms with van der Waals surface area (Å²) in [5.41, 5.74) is 0. The summed E-state index contributed by atoms with van der Waals surface area (Å²) in [5.74, 6) is -0.0930. The maximum atomic E-state index is 10.4. The summed E-state index contributed by atoms with van der Waals surface area (Å²) in [7, 11) is 0. The second kappa shape index (κ2) is 4.51. The van der Waals surface area contributed by atoms with Crippen LogP contribution < -0.4 is 10.6 Å². The summed E-state index contributed by atoms with van der Waals surface area (Å²) in [5, 5.41) is 5.33. The van der Waals surface area contributed by atoms with Gasteiger partial charge in [-0.1, -0.05) is 12.2 Å². The van der Waals surface area contributed by atoms with Crippen LogP contribution in [0.4, 0.5) is 0 Å². The van der Waals surface area contributed by atoms with Crippen molar-refractivity contribution < 1.29 is 4.79 Å². The molecule has 0 heterocycles. The van der Waals surface area contributed by atoms with E-state index >= 15 is 0 Å². The molecular weight excluding hydrogens is 168 g/mol. The Morgan fingerprint density at radius 2 is 2.10 bits per heavy atom. The van der Waals surface area contributed by atoms with E-state index in [1.165, 1.54) is 6.92 Å². The van der Waals surface area contributed by atoms with Gasteiger partial charge in [-0.25, -0.2) is 0 Å². The zero-order valence-corrected chi connectivity index (χ0v) is 7.55. The second-order valence-electron chi connectivity index (χ2n) is 1.87. The highest BCUT2D eigenvalue weighted by Crippen LogP contribution is 1.81. The van der Waals surface area contributed by atoms with Gasteiger partial charge in [0.05, 0.1) is 6.17 Å². The van der Waals surface area contributed by atoms with Crippen molar-refractivity contribution in [2.24, 2.45) is 0 Å². The highest BCUT2D eigenvalue weighted by molar-refractivity contribution is 8.11. The zero-order valence-electron chi connectivity index (χ0n) is 5.84. The molecule has 0 aliphatic carbocycles. The van der Waals surface area contributed by atoms with Crippen LogP contribution in [-0.4, -0.2) is 16.4 Å². The SMILES string of the molecule is CC(=O)NC(C)NC(=S)S. The summed E-state index contributed by atoms with van der Waals surface area (Å²) in [6, 6.07) is 0. The van der Waals surface area contributed by atoms with Crippen molar-refractivity contribution in [1.82, 2.24) is 10.6 Å². The molecular formula is C5H10N2OS2. The smallest absolute Gasteiger partial charge is 0.218 e. The lowest BCUT2D eigenvalue weighted by molar-refractivity contribution is -0.119. The number of rotatable bonds is 2. The van der Waals surface area contributed by atoms with E-state index in [4.69, 9.17) is 0 Å². The molecule has 0 fully saturated rings. The van der Waals surface area contributed by atoms with E-state index in [-0.39, 0.29) is 12.1 Å². The van der Waals surface area contributed by atoms with Crippen molar-refractivity contribution in [3.8, 4) is 0 Å². The zero-order chi connectivity index (χ0) is 8.15. The number of thiocarbonyl (C=S) groups is 1. The van der Waals surface area contributed by atoms with Crippen LogP contribution in [0.3, 0.4) is 0 Å². The van der Waals surface area contributed by atoms with Gasteiger partial charge in [0.1, 0.15) is 4.32 Å². The average Bonchev–Trinajstić information content (AvgIpc) is 1.58. The Kier molecular flexibility index (Phi) is 4.38. The molecule has 1 amide bonds. The number of nitrogens with one attached hydrogen (secondary N) is 2. The Balaban J connectivity index is 3.53. The van der Waals surface area contributed by atoms with Crippen LogP contribution in [0, 0.1) is 0 Å². The third-order valence-electron chi connectivity index (χ3n) is 0.760. The van der Waals surface area contributed by atoms with Gasteiger partial charge < -0.3 is 10.6 Å². The molecule has 0 saturated heterocycles. The van der Waals surface area contributed by atoms with Crippen molar-refractivity contribution in [1.29, 1.82) is 0 Å². The minimum Gasteiger partial charge on any atom is -0.352 e. The quantitative estimate of drug-likeness (QED) is 0.323. The molecule has 0 aliphatic rings. The highest BCUT2D eigenvalue weighted by Gasteiger charge is 2.00. The maximum Gasteiger partial charge on any atom is 0.218 e. The molecule has 1 unspecified atom stereocenters. The largest absolute Gasteiger partial charge is 0.352 e. The lowest BCUT2D eigenvalue weighted by Gasteiger charge is -2.13. The third kappa shape index (κ3) is 5.84. The molecule has 0 rings (SSSR count). The molecule has 0 radical (unpaired) electrons. The van der Waals surface area contributed by atoms with Crippen LogP contribution >= 0.6 is 24.8 Å². The van der Waals surface area contributed by atoms with Crippen LogP contribution in [0.5, 0.6) is 0 Å². The third-order valence-corrected chi connectivity index (χ3v) is 1.01. The lowest BCUT2D eigenvalue weighted by Crippen LogP contribution is -2.43. The number of hydrogen-bond donors (Lipinski definition) is 3. The summed E-state index contributed by atoms with van der Waals surface area (Å²) in [4.78, 5) is 10.4. The molecule has 1 atom stereocenters. The fourth-order valence-electron chi connectivity index (χ4n) is 0.526. The van der Waals surface area contributed by atoms with Crippen LogP contribution in [0.2, 0.25) is 0 Å². The molecule has 58 valence electrons. The molecule has 2 N–H and O–H groups in total. The van der Waals surface area contributed by atoms with Gasteiger partial charge in [-0.15, -0.1) is 12.6 Å². The molecule has 3 nitrogen and oxygen atoms in total. The molecule has 0 aromatic heterocycles. The van der Waals surface area contributed by atoms with Crippen LogP contribution in [-0.2, 0) is 4.79 Å². The molecule has 0 bridgehead atoms. The first-order chi connectivity index (χ1) is 4.52. The fourth-order valence-corrected chi connectivity index (χ4v) is 0.897. The monoisotopic (exact) mass is 178 g/mol. The van der Waals surface area contributed by atoms with Crippen LogP contribution in [0.25, 0.3) is 0 Å². The van der Waals surface area contributed by atoms with Crippen molar-refractivity contribution in [3.05, 3.63) is 0 Å². The van der Waals surface area contributed by atoms with Gasteiger partial charge in [0, 0.05) is 6.92 Å². The first-order valence-electron chi connectivity index (χ1n) is 2.79. The number of hydrogen-bond acceptors (Lipinski definition) is 2. The van der Waals surface area contributed by atoms with E-state index in [2.05, 4.69) is 35.5 Å². The molecule has 0 saturated carbocycles. The fraction of sp³-hybridized carbons (Fsp3) is 0.600. The van der Waals surface area contributed by atoms with Gasteiger partial charge in [0.2, 0.25) is 5.91 Å². The standard InChI is InChI=1S/C5H10N2OS2/c1-3(6-4(2)8)7-5(9)10/h3H,1-2H3,(H,6,8)(H2,7,9,10). The minimum absolute atomic E-state index is 0.0930. The first-order valence-corrected chi connectivity index (χ1v) is 3.64. The maximum absolute atomic E-state index is 10.4. The van der Waals surface area contributed by atoms with Crippen molar-refractivity contribution in [2.45, 2.75) is 20.0 Å². The van der Waals surface area contributed by atoms with Crippen molar-refractivity contribution in [3.63, 3.8) is 0 Å². The van der Waals surface area contributed by atoms with Gasteiger partial charge >= 0.3 is 0 Å². The number of carbonyl (C=O) groups excluding carboxylic acids is 1. The molecule has 0 aromatic carbocycles. The van der Waals surface area contributed by atoms with E-state index in [0.717, 1.165) is 0 Å². The number of thiol groups is 1. The Morgan fingerprint density at radius 3 is 2.40 bits per heavy atom. The molecule has 0 spiro atoms. The van der Waals surface area contributed by atoms with Crippen LogP contribution in [0.1, 0.15) is 13.8 Å². The molecule has 10 heavy (non-hydrogen) atoms. The number of amides is 1. The lowest BCUT2D eigenvalue weighted by atomic mass is 10.5. The Morgan fingerprint density at radius 1 is 1.60 bits per heavy atom. The molecule has 5 heteroatoms. The van der Waals surface area contributed by atoms with Gasteiger partial charge in [-0.3, -0.25) is 4.79 Å². The Hall–Kier alpha value is -0.290. The minimum atomic E-state index is -0.150. The summed E-state index contributed by atoms with van der Waals surface area (Å²) in [6.45, 7) is 3.23. The van der Waals surface area contributed by atoms with Gasteiger partial charge in [-0.05, 0) is 6.92 Å². The first kappa shape index (κ1) is 9.71. The van der Waals surface area contributed by atoms with E-state index in [1.54, 1.807) is 6.92 Å². The summed E-state index contributed by atoms with van der Waals surface area (Å²) in [6.07, 6.45) is -0.150. The van der Waals surface area contributed by atoms with E-state index in [0.29, 0.717) is 4.32 Å². The normalized spacial score (nSPS) is 11.9. The van der Waals surface area contributed by atoms with Gasteiger partial charge in [-0.2, -0.15) is 0 Å².